The highest BCUT2D eigenvalue weighted by Crippen LogP contribution is 2.49. The van der Waals surface area contributed by atoms with E-state index in [2.05, 4.69) is 10.6 Å². The van der Waals surface area contributed by atoms with Gasteiger partial charge in [0.2, 0.25) is 11.8 Å². The van der Waals surface area contributed by atoms with Gasteiger partial charge < -0.3 is 15.5 Å². The highest BCUT2D eigenvalue weighted by atomic mass is 19.4. The molecule has 1 unspecified atom stereocenters. The summed E-state index contributed by atoms with van der Waals surface area (Å²) in [7, 11) is 0. The number of carbonyl (C=O) groups excluding carboxylic acids is 3. The van der Waals surface area contributed by atoms with Gasteiger partial charge in [-0.2, -0.15) is 13.2 Å². The molecule has 39 heavy (non-hydrogen) atoms. The third-order valence-corrected chi connectivity index (χ3v) is 7.86. The Bertz CT molecular complexity index is 1240. The molecule has 0 aliphatic carbocycles. The van der Waals surface area contributed by atoms with E-state index in [-0.39, 0.29) is 24.1 Å². The van der Waals surface area contributed by atoms with Gasteiger partial charge >= 0.3 is 6.18 Å². The van der Waals surface area contributed by atoms with Gasteiger partial charge in [0.15, 0.2) is 0 Å². The number of benzene rings is 2. The molecule has 1 spiro atoms. The SMILES string of the molecule is CC(C)[C@@H](NC(=O)c1cc(C(F)(F)F)ccc1F)C(=O)N1CCC2(CC1)CC(=O)NCC2c1ccc(F)cc1. The zero-order chi connectivity index (χ0) is 28.5. The lowest BCUT2D eigenvalue weighted by Gasteiger charge is -2.49. The van der Waals surface area contributed by atoms with Crippen LogP contribution in [0.15, 0.2) is 42.5 Å². The summed E-state index contributed by atoms with van der Waals surface area (Å²) in [6.45, 7) is 4.33. The van der Waals surface area contributed by atoms with Crippen LogP contribution in [-0.2, 0) is 15.8 Å². The molecular weight excluding hydrogens is 521 g/mol. The van der Waals surface area contributed by atoms with Crippen molar-refractivity contribution >= 4 is 17.7 Å². The molecule has 11 heteroatoms. The molecule has 6 nitrogen and oxygen atoms in total. The quantitative estimate of drug-likeness (QED) is 0.532. The molecule has 4 rings (SSSR count). The number of likely N-dealkylation sites (tertiary alicyclic amines) is 1. The van der Waals surface area contributed by atoms with E-state index in [0.29, 0.717) is 50.7 Å². The number of nitrogens with zero attached hydrogens (tertiary/aromatic N) is 1. The minimum atomic E-state index is -4.76. The van der Waals surface area contributed by atoms with Crippen LogP contribution in [-0.4, -0.2) is 48.3 Å². The molecule has 0 aromatic heterocycles. The first kappa shape index (κ1) is 28.5. The Morgan fingerprint density at radius 3 is 2.28 bits per heavy atom. The molecular formula is C28H30F5N3O3. The summed E-state index contributed by atoms with van der Waals surface area (Å²) in [5, 5.41) is 5.31. The maximum atomic E-state index is 14.3. The van der Waals surface area contributed by atoms with E-state index in [9.17, 15) is 36.3 Å². The molecule has 0 bridgehead atoms. The Kier molecular flexibility index (Phi) is 7.99. The lowest BCUT2D eigenvalue weighted by atomic mass is 9.62. The number of hydrogen-bond acceptors (Lipinski definition) is 3. The van der Waals surface area contributed by atoms with Crippen LogP contribution in [0, 0.1) is 23.0 Å². The van der Waals surface area contributed by atoms with E-state index < -0.39 is 52.3 Å². The van der Waals surface area contributed by atoms with Crippen molar-refractivity contribution in [1.29, 1.82) is 0 Å². The monoisotopic (exact) mass is 551 g/mol. The maximum absolute atomic E-state index is 14.3. The van der Waals surface area contributed by atoms with Gasteiger partial charge in [0, 0.05) is 32.0 Å². The fourth-order valence-corrected chi connectivity index (χ4v) is 5.61. The second kappa shape index (κ2) is 10.9. The van der Waals surface area contributed by atoms with Crippen molar-refractivity contribution in [2.45, 2.75) is 51.2 Å². The van der Waals surface area contributed by atoms with Gasteiger partial charge in [0.1, 0.15) is 17.7 Å². The van der Waals surface area contributed by atoms with Crippen LogP contribution in [0.25, 0.3) is 0 Å². The predicted molar refractivity (Wildman–Crippen MR) is 133 cm³/mol. The van der Waals surface area contributed by atoms with Crippen molar-refractivity contribution in [2.75, 3.05) is 19.6 Å². The lowest BCUT2D eigenvalue weighted by Crippen LogP contribution is -2.57. The third-order valence-electron chi connectivity index (χ3n) is 7.86. The van der Waals surface area contributed by atoms with Gasteiger partial charge in [-0.05, 0) is 60.1 Å². The van der Waals surface area contributed by atoms with E-state index in [0.717, 1.165) is 5.56 Å². The molecule has 0 radical (unpaired) electrons. The molecule has 2 aromatic rings. The predicted octanol–water partition coefficient (Wildman–Crippen LogP) is 4.65. The summed E-state index contributed by atoms with van der Waals surface area (Å²) in [6, 6.07) is 6.62. The summed E-state index contributed by atoms with van der Waals surface area (Å²) in [4.78, 5) is 40.2. The largest absolute Gasteiger partial charge is 0.416 e. The van der Waals surface area contributed by atoms with E-state index in [1.54, 1.807) is 30.9 Å². The molecule has 0 saturated carbocycles. The Labute approximate surface area is 222 Å². The van der Waals surface area contributed by atoms with Crippen LogP contribution in [0.2, 0.25) is 0 Å². The molecule has 3 amide bonds. The average molecular weight is 552 g/mol. The van der Waals surface area contributed by atoms with Crippen molar-refractivity contribution in [3.8, 4) is 0 Å². The Hall–Kier alpha value is -3.50. The Balaban J connectivity index is 1.49. The Morgan fingerprint density at radius 2 is 1.69 bits per heavy atom. The number of hydrogen-bond donors (Lipinski definition) is 2. The lowest BCUT2D eigenvalue weighted by molar-refractivity contribution is -0.139. The first-order chi connectivity index (χ1) is 18.3. The van der Waals surface area contributed by atoms with Crippen LogP contribution in [0.4, 0.5) is 22.0 Å². The molecule has 2 atom stereocenters. The number of amides is 3. The molecule has 2 aliphatic rings. The van der Waals surface area contributed by atoms with Crippen molar-refractivity contribution < 1.29 is 36.3 Å². The zero-order valence-corrected chi connectivity index (χ0v) is 21.6. The normalized spacial score (nSPS) is 20.1. The fourth-order valence-electron chi connectivity index (χ4n) is 5.61. The van der Waals surface area contributed by atoms with Crippen LogP contribution in [0.3, 0.4) is 0 Å². The van der Waals surface area contributed by atoms with Crippen molar-refractivity contribution in [1.82, 2.24) is 15.5 Å². The topological polar surface area (TPSA) is 78.5 Å². The summed E-state index contributed by atoms with van der Waals surface area (Å²) in [6.07, 6.45) is -3.51. The van der Waals surface area contributed by atoms with Crippen LogP contribution in [0.1, 0.15) is 60.5 Å². The van der Waals surface area contributed by atoms with Gasteiger partial charge in [-0.15, -0.1) is 0 Å². The van der Waals surface area contributed by atoms with Gasteiger partial charge in [-0.1, -0.05) is 26.0 Å². The second-order valence-corrected chi connectivity index (χ2v) is 10.7. The first-order valence-corrected chi connectivity index (χ1v) is 12.8. The molecule has 2 aromatic carbocycles. The Morgan fingerprint density at radius 1 is 1.05 bits per heavy atom. The highest BCUT2D eigenvalue weighted by Gasteiger charge is 2.47. The third kappa shape index (κ3) is 6.07. The number of nitrogens with one attached hydrogen (secondary N) is 2. The zero-order valence-electron chi connectivity index (χ0n) is 21.6. The standard InChI is InChI=1S/C28H30F5N3O3/c1-16(2)24(35-25(38)20-13-18(28(31,32)33)5-8-22(20)30)26(39)36-11-9-27(10-12-36)14-23(37)34-15-21(27)17-3-6-19(29)7-4-17/h3-8,13,16,21,24H,9-12,14-15H2,1-2H3,(H,34,37)(H,35,38)/t21?,24-/m1/s1. The van der Waals surface area contributed by atoms with Crippen LogP contribution < -0.4 is 10.6 Å². The van der Waals surface area contributed by atoms with Crippen molar-refractivity contribution in [3.05, 3.63) is 70.8 Å². The molecule has 210 valence electrons. The maximum Gasteiger partial charge on any atom is 0.416 e. The summed E-state index contributed by atoms with van der Waals surface area (Å²) in [5.74, 6) is -3.63. The van der Waals surface area contributed by atoms with Gasteiger partial charge in [0.05, 0.1) is 11.1 Å². The average Bonchev–Trinajstić information content (AvgIpc) is 2.87. The van der Waals surface area contributed by atoms with Crippen molar-refractivity contribution in [2.24, 2.45) is 11.3 Å². The van der Waals surface area contributed by atoms with E-state index in [1.165, 1.54) is 12.1 Å². The molecule has 2 aliphatic heterocycles. The highest BCUT2D eigenvalue weighted by molar-refractivity contribution is 5.98. The summed E-state index contributed by atoms with van der Waals surface area (Å²) >= 11 is 0. The number of halogens is 5. The van der Waals surface area contributed by atoms with Gasteiger partial charge in [-0.3, -0.25) is 14.4 Å². The summed E-state index contributed by atoms with van der Waals surface area (Å²) < 4.78 is 67.1. The van der Waals surface area contributed by atoms with Gasteiger partial charge in [0.25, 0.3) is 5.91 Å². The molecule has 2 saturated heterocycles. The minimum absolute atomic E-state index is 0.0717. The first-order valence-electron chi connectivity index (χ1n) is 12.8. The smallest absolute Gasteiger partial charge is 0.355 e. The van der Waals surface area contributed by atoms with E-state index in [4.69, 9.17) is 0 Å². The number of piperidine rings is 2. The minimum Gasteiger partial charge on any atom is -0.355 e. The molecule has 2 N–H and O–H groups in total. The number of rotatable bonds is 5. The summed E-state index contributed by atoms with van der Waals surface area (Å²) in [5.41, 5.74) is -1.51. The second-order valence-electron chi connectivity index (χ2n) is 10.7. The number of carbonyl (C=O) groups is 3. The molecule has 2 heterocycles. The van der Waals surface area contributed by atoms with E-state index in [1.807, 2.05) is 0 Å². The van der Waals surface area contributed by atoms with Gasteiger partial charge in [-0.25, -0.2) is 8.78 Å². The fraction of sp³-hybridized carbons (Fsp3) is 0.464. The van der Waals surface area contributed by atoms with Crippen molar-refractivity contribution in [3.63, 3.8) is 0 Å². The number of alkyl halides is 3. The van der Waals surface area contributed by atoms with Crippen LogP contribution in [0.5, 0.6) is 0 Å². The molecule has 2 fully saturated rings. The van der Waals surface area contributed by atoms with E-state index >= 15 is 0 Å². The van der Waals surface area contributed by atoms with Crippen LogP contribution >= 0.6 is 0 Å².